The number of aromatic nitrogens is 1. The number of amides is 2. The largest absolute Gasteiger partial charge is 0.289 e. The van der Waals surface area contributed by atoms with Crippen molar-refractivity contribution in [2.75, 3.05) is 13.6 Å². The fraction of sp³-hybridized carbons (Fsp3) is 0.150. The molecule has 0 bridgehead atoms. The summed E-state index contributed by atoms with van der Waals surface area (Å²) in [6, 6.07) is 13.3. The van der Waals surface area contributed by atoms with Crippen molar-refractivity contribution in [3.63, 3.8) is 0 Å². The van der Waals surface area contributed by atoms with E-state index in [-0.39, 0.29) is 10.6 Å². The van der Waals surface area contributed by atoms with Crippen LogP contribution in [0.5, 0.6) is 0 Å². The standard InChI is InChI=1S/C20H19ClN4O4S2/c1-13-3-9-16(10-4-13)31(28,29)25(2)11-18(26)23-24-19(27)17-12-30-20(22-17)14-5-7-15(21)8-6-14/h3-10,12H,11H2,1-2H3,(H,23,26)(H,24,27). The molecule has 2 aromatic carbocycles. The van der Waals surface area contributed by atoms with E-state index in [2.05, 4.69) is 15.8 Å². The molecule has 0 spiro atoms. The fourth-order valence-electron chi connectivity index (χ4n) is 2.51. The summed E-state index contributed by atoms with van der Waals surface area (Å²) in [6.07, 6.45) is 0. The Labute approximate surface area is 188 Å². The predicted molar refractivity (Wildman–Crippen MR) is 119 cm³/mol. The van der Waals surface area contributed by atoms with Crippen LogP contribution in [0, 0.1) is 6.92 Å². The lowest BCUT2D eigenvalue weighted by Crippen LogP contribution is -2.46. The van der Waals surface area contributed by atoms with Gasteiger partial charge in [-0.15, -0.1) is 11.3 Å². The molecule has 1 aromatic heterocycles. The van der Waals surface area contributed by atoms with Gasteiger partial charge in [-0.1, -0.05) is 41.4 Å². The van der Waals surface area contributed by atoms with E-state index in [1.807, 2.05) is 6.92 Å². The van der Waals surface area contributed by atoms with E-state index in [4.69, 9.17) is 11.6 Å². The van der Waals surface area contributed by atoms with Crippen LogP contribution in [0.4, 0.5) is 0 Å². The minimum absolute atomic E-state index is 0.0784. The van der Waals surface area contributed by atoms with Crippen LogP contribution in [0.3, 0.4) is 0 Å². The summed E-state index contributed by atoms with van der Waals surface area (Å²) in [7, 11) is -2.55. The number of halogens is 1. The molecule has 0 aliphatic heterocycles. The van der Waals surface area contributed by atoms with E-state index in [1.54, 1.807) is 41.8 Å². The zero-order valence-electron chi connectivity index (χ0n) is 16.6. The van der Waals surface area contributed by atoms with Crippen molar-refractivity contribution in [2.24, 2.45) is 0 Å². The summed E-state index contributed by atoms with van der Waals surface area (Å²) >= 11 is 7.14. The molecule has 2 amide bonds. The average molecular weight is 479 g/mol. The minimum atomic E-state index is -3.83. The van der Waals surface area contributed by atoms with E-state index in [1.165, 1.54) is 30.5 Å². The van der Waals surface area contributed by atoms with E-state index in [9.17, 15) is 18.0 Å². The van der Waals surface area contributed by atoms with Crippen LogP contribution < -0.4 is 10.9 Å². The van der Waals surface area contributed by atoms with Crippen LogP contribution in [-0.2, 0) is 14.8 Å². The smallest absolute Gasteiger partial charge is 0.272 e. The van der Waals surface area contributed by atoms with Crippen LogP contribution in [0.15, 0.2) is 58.8 Å². The number of carbonyl (C=O) groups is 2. The third kappa shape index (κ3) is 5.67. The highest BCUT2D eigenvalue weighted by molar-refractivity contribution is 7.89. The summed E-state index contributed by atoms with van der Waals surface area (Å²) in [5.41, 5.74) is 6.29. The second kappa shape index (κ2) is 9.56. The first-order valence-corrected chi connectivity index (χ1v) is 11.7. The lowest BCUT2D eigenvalue weighted by molar-refractivity contribution is -0.121. The number of benzene rings is 2. The molecule has 31 heavy (non-hydrogen) atoms. The Hall–Kier alpha value is -2.79. The SMILES string of the molecule is Cc1ccc(S(=O)(=O)N(C)CC(=O)NNC(=O)c2csc(-c3ccc(Cl)cc3)n2)cc1. The number of hydrogen-bond donors (Lipinski definition) is 2. The molecule has 162 valence electrons. The molecule has 3 aromatic rings. The molecule has 1 heterocycles. The van der Waals surface area contributed by atoms with E-state index in [0.29, 0.717) is 10.0 Å². The first-order valence-electron chi connectivity index (χ1n) is 9.00. The number of likely N-dealkylation sites (N-methyl/N-ethyl adjacent to an activating group) is 1. The number of carbonyl (C=O) groups excluding carboxylic acids is 2. The third-order valence-corrected chi connectivity index (χ3v) is 7.20. The van der Waals surface area contributed by atoms with Crippen molar-refractivity contribution in [2.45, 2.75) is 11.8 Å². The minimum Gasteiger partial charge on any atom is -0.272 e. The zero-order valence-corrected chi connectivity index (χ0v) is 19.0. The highest BCUT2D eigenvalue weighted by Crippen LogP contribution is 2.25. The van der Waals surface area contributed by atoms with Gasteiger partial charge in [0.1, 0.15) is 10.7 Å². The molecule has 0 saturated heterocycles. The Bertz CT molecular complexity index is 1190. The second-order valence-electron chi connectivity index (χ2n) is 6.62. The van der Waals surface area contributed by atoms with Gasteiger partial charge in [-0.25, -0.2) is 13.4 Å². The Balaban J connectivity index is 1.56. The summed E-state index contributed by atoms with van der Waals surface area (Å²) in [5, 5.41) is 2.77. The molecular weight excluding hydrogens is 460 g/mol. The topological polar surface area (TPSA) is 108 Å². The molecule has 0 aliphatic rings. The maximum absolute atomic E-state index is 12.5. The van der Waals surface area contributed by atoms with Gasteiger partial charge < -0.3 is 0 Å². The maximum Gasteiger partial charge on any atom is 0.289 e. The Morgan fingerprint density at radius 3 is 2.35 bits per heavy atom. The van der Waals surface area contributed by atoms with Crippen molar-refractivity contribution >= 4 is 44.8 Å². The lowest BCUT2D eigenvalue weighted by Gasteiger charge is -2.17. The van der Waals surface area contributed by atoms with Gasteiger partial charge >= 0.3 is 0 Å². The highest BCUT2D eigenvalue weighted by atomic mass is 35.5. The van der Waals surface area contributed by atoms with Crippen molar-refractivity contribution in [1.82, 2.24) is 20.1 Å². The summed E-state index contributed by atoms with van der Waals surface area (Å²) in [6.45, 7) is 1.38. The van der Waals surface area contributed by atoms with Crippen LogP contribution in [0.2, 0.25) is 5.02 Å². The fourth-order valence-corrected chi connectivity index (χ4v) is 4.57. The normalized spacial score (nSPS) is 11.4. The first kappa shape index (κ1) is 22.9. The average Bonchev–Trinajstić information content (AvgIpc) is 3.23. The number of nitrogens with zero attached hydrogens (tertiary/aromatic N) is 2. The summed E-state index contributed by atoms with van der Waals surface area (Å²) in [5.74, 6) is -1.31. The van der Waals surface area contributed by atoms with Gasteiger partial charge in [0.2, 0.25) is 10.0 Å². The van der Waals surface area contributed by atoms with E-state index >= 15 is 0 Å². The van der Waals surface area contributed by atoms with Crippen LogP contribution >= 0.6 is 22.9 Å². The molecule has 8 nitrogen and oxygen atoms in total. The Morgan fingerprint density at radius 1 is 1.06 bits per heavy atom. The number of sulfonamides is 1. The molecule has 0 aliphatic carbocycles. The molecule has 0 saturated carbocycles. The molecule has 11 heteroatoms. The van der Waals surface area contributed by atoms with E-state index < -0.39 is 28.4 Å². The van der Waals surface area contributed by atoms with Gasteiger partial charge in [-0.2, -0.15) is 4.31 Å². The molecular formula is C20H19ClN4O4S2. The number of hydrogen-bond acceptors (Lipinski definition) is 6. The van der Waals surface area contributed by atoms with Gasteiger partial charge in [0, 0.05) is 23.0 Å². The van der Waals surface area contributed by atoms with Gasteiger partial charge in [-0.05, 0) is 31.2 Å². The third-order valence-electron chi connectivity index (χ3n) is 4.24. The quantitative estimate of drug-likeness (QED) is 0.529. The molecule has 0 fully saturated rings. The van der Waals surface area contributed by atoms with Crippen LogP contribution in [0.1, 0.15) is 16.1 Å². The number of nitrogens with one attached hydrogen (secondary N) is 2. The second-order valence-corrected chi connectivity index (χ2v) is 9.96. The Kier molecular flexibility index (Phi) is 7.06. The zero-order chi connectivity index (χ0) is 22.6. The summed E-state index contributed by atoms with van der Waals surface area (Å²) < 4.78 is 26.0. The van der Waals surface area contributed by atoms with Crippen LogP contribution in [0.25, 0.3) is 10.6 Å². The van der Waals surface area contributed by atoms with Crippen LogP contribution in [-0.4, -0.2) is 43.1 Å². The highest BCUT2D eigenvalue weighted by Gasteiger charge is 2.23. The van der Waals surface area contributed by atoms with Gasteiger partial charge in [-0.3, -0.25) is 20.4 Å². The summed E-state index contributed by atoms with van der Waals surface area (Å²) in [4.78, 5) is 28.7. The number of rotatable bonds is 6. The Morgan fingerprint density at radius 2 is 1.71 bits per heavy atom. The molecule has 2 N–H and O–H groups in total. The molecule has 0 radical (unpaired) electrons. The lowest BCUT2D eigenvalue weighted by atomic mass is 10.2. The molecule has 0 atom stereocenters. The number of thiazole rings is 1. The van der Waals surface area contributed by atoms with Gasteiger partial charge in [0.05, 0.1) is 11.4 Å². The molecule has 3 rings (SSSR count). The number of aryl methyl sites for hydroxylation is 1. The number of hydrazine groups is 1. The van der Waals surface area contributed by atoms with Crippen molar-refractivity contribution < 1.29 is 18.0 Å². The maximum atomic E-state index is 12.5. The van der Waals surface area contributed by atoms with Gasteiger partial charge in [0.15, 0.2) is 0 Å². The first-order chi connectivity index (χ1) is 14.7. The van der Waals surface area contributed by atoms with Crippen molar-refractivity contribution in [3.05, 3.63) is 70.2 Å². The van der Waals surface area contributed by atoms with Crippen molar-refractivity contribution in [1.29, 1.82) is 0 Å². The monoisotopic (exact) mass is 478 g/mol. The predicted octanol–water partition coefficient (Wildman–Crippen LogP) is 2.85. The van der Waals surface area contributed by atoms with E-state index in [0.717, 1.165) is 15.4 Å². The van der Waals surface area contributed by atoms with Crippen molar-refractivity contribution in [3.8, 4) is 10.6 Å². The molecule has 0 unspecified atom stereocenters. The van der Waals surface area contributed by atoms with Gasteiger partial charge in [0.25, 0.3) is 11.8 Å².